The molecule has 0 spiro atoms. The van der Waals surface area contributed by atoms with Crippen molar-refractivity contribution in [2.24, 2.45) is 7.05 Å². The Balaban J connectivity index is 2.11. The van der Waals surface area contributed by atoms with Crippen molar-refractivity contribution in [3.8, 4) is 0 Å². The van der Waals surface area contributed by atoms with Crippen LogP contribution >= 0.6 is 11.6 Å². The number of aromatic nitrogens is 2. The van der Waals surface area contributed by atoms with Crippen LogP contribution in [0.2, 0.25) is 5.15 Å². The van der Waals surface area contributed by atoms with E-state index >= 15 is 0 Å². The molecule has 2 aromatic rings. The fourth-order valence-electron chi connectivity index (χ4n) is 2.10. The first-order chi connectivity index (χ1) is 10.3. The van der Waals surface area contributed by atoms with Gasteiger partial charge < -0.3 is 10.4 Å². The van der Waals surface area contributed by atoms with Gasteiger partial charge in [0.1, 0.15) is 22.9 Å². The maximum atomic E-state index is 13.5. The van der Waals surface area contributed by atoms with Gasteiger partial charge in [-0.3, -0.25) is 9.48 Å². The second-order valence-corrected chi connectivity index (χ2v) is 5.09. The number of carbonyl (C=O) groups is 1. The molecule has 0 saturated heterocycles. The van der Waals surface area contributed by atoms with Crippen molar-refractivity contribution in [3.05, 3.63) is 51.8 Å². The van der Waals surface area contributed by atoms with Crippen molar-refractivity contribution >= 4 is 17.5 Å². The summed E-state index contributed by atoms with van der Waals surface area (Å²) in [7, 11) is 1.58. The second-order valence-electron chi connectivity index (χ2n) is 4.74. The minimum atomic E-state index is -1.51. The molecule has 1 atom stereocenters. The highest BCUT2D eigenvalue weighted by atomic mass is 35.5. The minimum absolute atomic E-state index is 0.140. The van der Waals surface area contributed by atoms with E-state index in [1.54, 1.807) is 14.0 Å². The smallest absolute Gasteiger partial charge is 0.256 e. The zero-order chi connectivity index (χ0) is 16.4. The van der Waals surface area contributed by atoms with Crippen LogP contribution in [0.3, 0.4) is 0 Å². The third kappa shape index (κ3) is 3.10. The van der Waals surface area contributed by atoms with E-state index in [0.29, 0.717) is 5.69 Å². The van der Waals surface area contributed by atoms with Crippen LogP contribution < -0.4 is 5.32 Å². The molecule has 2 N–H and O–H groups in total. The highest BCUT2D eigenvalue weighted by molar-refractivity contribution is 6.33. The van der Waals surface area contributed by atoms with E-state index in [-0.39, 0.29) is 17.3 Å². The van der Waals surface area contributed by atoms with Gasteiger partial charge in [0.25, 0.3) is 5.91 Å². The van der Waals surface area contributed by atoms with Crippen LogP contribution in [0.5, 0.6) is 0 Å². The molecule has 5 nitrogen and oxygen atoms in total. The van der Waals surface area contributed by atoms with Crippen molar-refractivity contribution in [1.82, 2.24) is 15.1 Å². The van der Waals surface area contributed by atoms with Gasteiger partial charge in [0.15, 0.2) is 0 Å². The summed E-state index contributed by atoms with van der Waals surface area (Å²) in [5.41, 5.74) is 0.0822. The Hall–Kier alpha value is -1.99. The molecule has 1 aromatic heterocycles. The molecule has 0 fully saturated rings. The molecular formula is C14H14ClF2N3O2. The van der Waals surface area contributed by atoms with Gasteiger partial charge in [0.05, 0.1) is 16.8 Å². The van der Waals surface area contributed by atoms with Crippen LogP contribution in [-0.2, 0) is 7.05 Å². The predicted molar refractivity (Wildman–Crippen MR) is 76.6 cm³/mol. The van der Waals surface area contributed by atoms with Crippen LogP contribution in [0.4, 0.5) is 8.78 Å². The van der Waals surface area contributed by atoms with E-state index in [9.17, 15) is 18.7 Å². The maximum Gasteiger partial charge on any atom is 0.256 e. The number of nitrogens with one attached hydrogen (secondary N) is 1. The molecule has 0 bridgehead atoms. The molecule has 0 aliphatic heterocycles. The molecule has 1 unspecified atom stereocenters. The Labute approximate surface area is 130 Å². The molecule has 2 rings (SSSR count). The van der Waals surface area contributed by atoms with Gasteiger partial charge >= 0.3 is 0 Å². The normalized spacial score (nSPS) is 12.3. The lowest BCUT2D eigenvalue weighted by atomic mass is 10.1. The van der Waals surface area contributed by atoms with Gasteiger partial charge in [0.2, 0.25) is 0 Å². The topological polar surface area (TPSA) is 67.2 Å². The number of hydrogen-bond donors (Lipinski definition) is 2. The average molecular weight is 330 g/mol. The van der Waals surface area contributed by atoms with Gasteiger partial charge in [-0.1, -0.05) is 17.7 Å². The number of nitrogens with zero attached hydrogens (tertiary/aromatic N) is 2. The Bertz CT molecular complexity index is 698. The Morgan fingerprint density at radius 1 is 1.45 bits per heavy atom. The third-order valence-electron chi connectivity index (χ3n) is 3.17. The van der Waals surface area contributed by atoms with Crippen LogP contribution in [0, 0.1) is 18.6 Å². The number of aliphatic hydroxyl groups is 1. The number of carbonyl (C=O) groups excluding carboxylic acids is 1. The lowest BCUT2D eigenvalue weighted by molar-refractivity contribution is 0.0911. The monoisotopic (exact) mass is 329 g/mol. The first-order valence-electron chi connectivity index (χ1n) is 6.42. The number of aryl methyl sites for hydroxylation is 2. The Morgan fingerprint density at radius 2 is 2.05 bits per heavy atom. The number of aliphatic hydroxyl groups excluding tert-OH is 1. The molecule has 0 saturated carbocycles. The molecule has 1 aromatic carbocycles. The Morgan fingerprint density at radius 3 is 2.55 bits per heavy atom. The van der Waals surface area contributed by atoms with E-state index in [2.05, 4.69) is 10.4 Å². The van der Waals surface area contributed by atoms with Crippen LogP contribution in [-0.4, -0.2) is 27.3 Å². The van der Waals surface area contributed by atoms with Gasteiger partial charge in [0, 0.05) is 13.6 Å². The molecule has 0 aliphatic rings. The van der Waals surface area contributed by atoms with Gasteiger partial charge in [-0.15, -0.1) is 0 Å². The average Bonchev–Trinajstić information content (AvgIpc) is 2.69. The summed E-state index contributed by atoms with van der Waals surface area (Å²) >= 11 is 5.95. The van der Waals surface area contributed by atoms with Crippen LogP contribution in [0.1, 0.15) is 27.7 Å². The zero-order valence-electron chi connectivity index (χ0n) is 11.9. The third-order valence-corrected chi connectivity index (χ3v) is 3.60. The molecule has 8 heteroatoms. The first kappa shape index (κ1) is 16.4. The van der Waals surface area contributed by atoms with E-state index in [1.165, 1.54) is 10.7 Å². The summed E-state index contributed by atoms with van der Waals surface area (Å²) in [5, 5.41) is 16.4. The van der Waals surface area contributed by atoms with Crippen LogP contribution in [0.25, 0.3) is 0 Å². The largest absolute Gasteiger partial charge is 0.386 e. The first-order valence-corrected chi connectivity index (χ1v) is 6.80. The van der Waals surface area contributed by atoms with Crippen molar-refractivity contribution in [3.63, 3.8) is 0 Å². The summed E-state index contributed by atoms with van der Waals surface area (Å²) in [6.45, 7) is 1.25. The zero-order valence-corrected chi connectivity index (χ0v) is 12.7. The maximum absolute atomic E-state index is 13.5. The number of benzene rings is 1. The number of amides is 1. The van der Waals surface area contributed by atoms with E-state index < -0.39 is 29.2 Å². The summed E-state index contributed by atoms with van der Waals surface area (Å²) < 4.78 is 28.4. The van der Waals surface area contributed by atoms with Gasteiger partial charge in [-0.05, 0) is 19.1 Å². The summed E-state index contributed by atoms with van der Waals surface area (Å²) in [6.07, 6.45) is -1.51. The van der Waals surface area contributed by atoms with Gasteiger partial charge in [-0.2, -0.15) is 5.10 Å². The SMILES string of the molecule is Cc1nn(C)c(Cl)c1C(=O)NCC(O)c1c(F)cccc1F. The summed E-state index contributed by atoms with van der Waals surface area (Å²) in [6, 6.07) is 3.26. The van der Waals surface area contributed by atoms with E-state index in [1.807, 2.05) is 0 Å². The van der Waals surface area contributed by atoms with Crippen molar-refractivity contribution in [2.75, 3.05) is 6.54 Å². The lowest BCUT2D eigenvalue weighted by Crippen LogP contribution is -2.29. The number of halogens is 3. The molecule has 118 valence electrons. The number of hydrogen-bond acceptors (Lipinski definition) is 3. The molecule has 1 amide bonds. The predicted octanol–water partition coefficient (Wildman–Crippen LogP) is 2.12. The fourth-order valence-corrected chi connectivity index (χ4v) is 2.36. The molecule has 0 radical (unpaired) electrons. The van der Waals surface area contributed by atoms with E-state index in [0.717, 1.165) is 12.1 Å². The summed E-state index contributed by atoms with van der Waals surface area (Å²) in [5.74, 6) is -2.33. The highest BCUT2D eigenvalue weighted by Crippen LogP contribution is 2.21. The molecule has 22 heavy (non-hydrogen) atoms. The Kier molecular flexibility index (Phi) is 4.77. The van der Waals surface area contributed by atoms with Crippen LogP contribution in [0.15, 0.2) is 18.2 Å². The fraction of sp³-hybridized carbons (Fsp3) is 0.286. The standard InChI is InChI=1S/C14H14ClF2N3O2/c1-7-11(13(15)20(2)19-7)14(22)18-6-10(21)12-8(16)4-3-5-9(12)17/h3-5,10,21H,6H2,1-2H3,(H,18,22). The quantitative estimate of drug-likeness (QED) is 0.903. The molecular weight excluding hydrogens is 316 g/mol. The second kappa shape index (κ2) is 6.41. The van der Waals surface area contributed by atoms with Gasteiger partial charge in [-0.25, -0.2) is 8.78 Å². The summed E-state index contributed by atoms with van der Waals surface area (Å²) in [4.78, 5) is 12.1. The van der Waals surface area contributed by atoms with Crippen molar-refractivity contribution in [2.45, 2.75) is 13.0 Å². The van der Waals surface area contributed by atoms with Crippen molar-refractivity contribution < 1.29 is 18.7 Å². The molecule has 0 aliphatic carbocycles. The minimum Gasteiger partial charge on any atom is -0.386 e. The number of rotatable bonds is 4. The molecule has 1 heterocycles. The lowest BCUT2D eigenvalue weighted by Gasteiger charge is -2.13. The highest BCUT2D eigenvalue weighted by Gasteiger charge is 2.22. The van der Waals surface area contributed by atoms with Crippen molar-refractivity contribution in [1.29, 1.82) is 0 Å². The van der Waals surface area contributed by atoms with E-state index in [4.69, 9.17) is 11.6 Å².